The van der Waals surface area contributed by atoms with Crippen molar-refractivity contribution in [2.75, 3.05) is 12.4 Å². The molecule has 10 nitrogen and oxygen atoms in total. The molecule has 11 heteroatoms. The predicted octanol–water partition coefficient (Wildman–Crippen LogP) is 2.64. The van der Waals surface area contributed by atoms with E-state index in [-0.39, 0.29) is 33.5 Å². The van der Waals surface area contributed by atoms with Crippen LogP contribution in [0.25, 0.3) is 0 Å². The first kappa shape index (κ1) is 18.7. The Hall–Kier alpha value is -3.60. The summed E-state index contributed by atoms with van der Waals surface area (Å²) < 4.78 is 4.89. The first-order chi connectivity index (χ1) is 12.3. The molecule has 2 aromatic carbocycles. The minimum Gasteiger partial charge on any atom is -0.490 e. The van der Waals surface area contributed by atoms with Gasteiger partial charge in [-0.1, -0.05) is 12.1 Å². The highest BCUT2D eigenvalue weighted by Crippen LogP contribution is 2.29. The summed E-state index contributed by atoms with van der Waals surface area (Å²) in [7, 11) is 1.30. The number of nitrogens with one attached hydrogen (secondary N) is 2. The van der Waals surface area contributed by atoms with Gasteiger partial charge in [-0.2, -0.15) is 0 Å². The van der Waals surface area contributed by atoms with Gasteiger partial charge in [0.1, 0.15) is 5.56 Å². The highest BCUT2D eigenvalue weighted by atomic mass is 32.1. The molecule has 0 aromatic heterocycles. The van der Waals surface area contributed by atoms with Crippen molar-refractivity contribution in [3.63, 3.8) is 0 Å². The number of rotatable bonds is 5. The molecule has 0 aliphatic heterocycles. The molecule has 0 heterocycles. The SMILES string of the molecule is COc1ccc(NC(=S)NC(=O)c2ccccc2[N+](=O)[O-])cc1[N+](=O)[O-]. The number of anilines is 1. The Morgan fingerprint density at radius 1 is 1.08 bits per heavy atom. The average molecular weight is 376 g/mol. The second-order valence-corrected chi connectivity index (χ2v) is 5.23. The monoisotopic (exact) mass is 376 g/mol. The predicted molar refractivity (Wildman–Crippen MR) is 96.4 cm³/mol. The second-order valence-electron chi connectivity index (χ2n) is 4.83. The van der Waals surface area contributed by atoms with E-state index in [0.717, 1.165) is 0 Å². The molecule has 2 rings (SSSR count). The number of para-hydroxylation sites is 1. The number of nitro groups is 2. The maximum Gasteiger partial charge on any atom is 0.312 e. The van der Waals surface area contributed by atoms with E-state index >= 15 is 0 Å². The van der Waals surface area contributed by atoms with Crippen molar-refractivity contribution < 1.29 is 19.4 Å². The Kier molecular flexibility index (Phi) is 5.75. The molecule has 0 radical (unpaired) electrons. The van der Waals surface area contributed by atoms with Gasteiger partial charge in [-0.25, -0.2) is 0 Å². The van der Waals surface area contributed by atoms with Crippen LogP contribution in [-0.2, 0) is 0 Å². The molecule has 0 saturated carbocycles. The Labute approximate surface area is 152 Å². The van der Waals surface area contributed by atoms with Crippen molar-refractivity contribution in [3.8, 4) is 5.75 Å². The highest BCUT2D eigenvalue weighted by Gasteiger charge is 2.20. The lowest BCUT2D eigenvalue weighted by atomic mass is 10.1. The fraction of sp³-hybridized carbons (Fsp3) is 0.0667. The number of amides is 1. The number of methoxy groups -OCH3 is 1. The third-order valence-corrected chi connectivity index (χ3v) is 3.41. The number of carbonyl (C=O) groups excluding carboxylic acids is 1. The van der Waals surface area contributed by atoms with E-state index in [1.807, 2.05) is 0 Å². The molecule has 0 atom stereocenters. The number of nitrogens with zero attached hydrogens (tertiary/aromatic N) is 2. The van der Waals surface area contributed by atoms with Crippen LogP contribution in [0.3, 0.4) is 0 Å². The fourth-order valence-corrected chi connectivity index (χ4v) is 2.28. The third kappa shape index (κ3) is 4.27. The van der Waals surface area contributed by atoms with Gasteiger partial charge in [-0.15, -0.1) is 0 Å². The third-order valence-electron chi connectivity index (χ3n) is 3.21. The Balaban J connectivity index is 2.14. The van der Waals surface area contributed by atoms with Gasteiger partial charge in [0.25, 0.3) is 11.6 Å². The van der Waals surface area contributed by atoms with E-state index in [9.17, 15) is 25.0 Å². The lowest BCUT2D eigenvalue weighted by Crippen LogP contribution is -2.34. The standard InChI is InChI=1S/C15H12N4O6S/c1-25-13-7-6-9(8-12(13)19(23)24)16-15(26)17-14(20)10-4-2-3-5-11(10)18(21)22/h2-8H,1H3,(H2,16,17,20,26). The van der Waals surface area contributed by atoms with Crippen LogP contribution >= 0.6 is 12.2 Å². The number of thiocarbonyl (C=S) groups is 1. The Morgan fingerprint density at radius 2 is 1.73 bits per heavy atom. The molecule has 1 amide bonds. The summed E-state index contributed by atoms with van der Waals surface area (Å²) in [5.41, 5.74) is -0.578. The number of hydrogen-bond acceptors (Lipinski definition) is 7. The van der Waals surface area contributed by atoms with Gasteiger partial charge in [-0.3, -0.25) is 30.3 Å². The summed E-state index contributed by atoms with van der Waals surface area (Å²) in [6, 6.07) is 9.41. The van der Waals surface area contributed by atoms with Crippen molar-refractivity contribution in [2.24, 2.45) is 0 Å². The average Bonchev–Trinajstić information content (AvgIpc) is 2.61. The summed E-state index contributed by atoms with van der Waals surface area (Å²) in [4.78, 5) is 32.8. The summed E-state index contributed by atoms with van der Waals surface area (Å²) in [5.74, 6) is -0.715. The van der Waals surface area contributed by atoms with E-state index in [2.05, 4.69) is 10.6 Å². The molecule has 0 aliphatic rings. The van der Waals surface area contributed by atoms with Crippen LogP contribution < -0.4 is 15.4 Å². The van der Waals surface area contributed by atoms with E-state index in [0.29, 0.717) is 0 Å². The Bertz CT molecular complexity index is 901. The summed E-state index contributed by atoms with van der Waals surface area (Å²) in [6.45, 7) is 0. The zero-order chi connectivity index (χ0) is 19.3. The maximum atomic E-state index is 12.2. The number of carbonyl (C=O) groups is 1. The summed E-state index contributed by atoms with van der Waals surface area (Å²) >= 11 is 4.98. The molecule has 0 saturated heterocycles. The zero-order valence-electron chi connectivity index (χ0n) is 13.3. The molecule has 0 bridgehead atoms. The van der Waals surface area contributed by atoms with Crippen LogP contribution in [0.2, 0.25) is 0 Å². The normalized spacial score (nSPS) is 9.88. The van der Waals surface area contributed by atoms with Crippen molar-refractivity contribution in [2.45, 2.75) is 0 Å². The van der Waals surface area contributed by atoms with Gasteiger partial charge < -0.3 is 10.1 Å². The van der Waals surface area contributed by atoms with Crippen molar-refractivity contribution in [1.29, 1.82) is 0 Å². The van der Waals surface area contributed by atoms with E-state index in [1.165, 1.54) is 49.6 Å². The van der Waals surface area contributed by atoms with E-state index < -0.39 is 15.8 Å². The topological polar surface area (TPSA) is 137 Å². The van der Waals surface area contributed by atoms with Crippen LogP contribution in [0.15, 0.2) is 42.5 Å². The van der Waals surface area contributed by atoms with Gasteiger partial charge in [0.15, 0.2) is 10.9 Å². The van der Waals surface area contributed by atoms with Gasteiger partial charge >= 0.3 is 5.69 Å². The van der Waals surface area contributed by atoms with Crippen LogP contribution in [0.4, 0.5) is 17.1 Å². The summed E-state index contributed by atoms with van der Waals surface area (Å²) in [5, 5.41) is 26.7. The van der Waals surface area contributed by atoms with Crippen molar-refractivity contribution >= 4 is 40.3 Å². The molecule has 2 aromatic rings. The highest BCUT2D eigenvalue weighted by molar-refractivity contribution is 7.80. The molecular weight excluding hydrogens is 364 g/mol. The zero-order valence-corrected chi connectivity index (χ0v) is 14.1. The molecular formula is C15H12N4O6S. The molecule has 0 spiro atoms. The van der Waals surface area contributed by atoms with Gasteiger partial charge in [0.2, 0.25) is 0 Å². The Morgan fingerprint density at radius 3 is 2.35 bits per heavy atom. The van der Waals surface area contributed by atoms with Crippen LogP contribution in [0, 0.1) is 20.2 Å². The van der Waals surface area contributed by atoms with Gasteiger partial charge in [0.05, 0.1) is 17.0 Å². The lowest BCUT2D eigenvalue weighted by Gasteiger charge is -2.10. The lowest BCUT2D eigenvalue weighted by molar-refractivity contribution is -0.385. The first-order valence-corrected chi connectivity index (χ1v) is 7.42. The summed E-state index contributed by atoms with van der Waals surface area (Å²) in [6.07, 6.45) is 0. The maximum absolute atomic E-state index is 12.2. The van der Waals surface area contributed by atoms with Gasteiger partial charge in [-0.05, 0) is 30.4 Å². The largest absolute Gasteiger partial charge is 0.490 e. The molecule has 0 fully saturated rings. The molecule has 134 valence electrons. The van der Waals surface area contributed by atoms with E-state index in [4.69, 9.17) is 17.0 Å². The van der Waals surface area contributed by atoms with E-state index in [1.54, 1.807) is 0 Å². The van der Waals surface area contributed by atoms with Crippen molar-refractivity contribution in [1.82, 2.24) is 5.32 Å². The minimum absolute atomic E-state index is 0.0652. The minimum atomic E-state index is -0.780. The molecule has 26 heavy (non-hydrogen) atoms. The number of benzene rings is 2. The smallest absolute Gasteiger partial charge is 0.312 e. The molecule has 0 unspecified atom stereocenters. The molecule has 2 N–H and O–H groups in total. The number of nitro benzene ring substituents is 2. The van der Waals surface area contributed by atoms with Crippen LogP contribution in [0.5, 0.6) is 5.75 Å². The first-order valence-electron chi connectivity index (χ1n) is 7.01. The van der Waals surface area contributed by atoms with Gasteiger partial charge in [0, 0.05) is 17.8 Å². The number of hydrogen-bond donors (Lipinski definition) is 2. The molecule has 0 aliphatic carbocycles. The number of ether oxygens (including phenoxy) is 1. The van der Waals surface area contributed by atoms with Crippen LogP contribution in [0.1, 0.15) is 10.4 Å². The van der Waals surface area contributed by atoms with Crippen molar-refractivity contribution in [3.05, 3.63) is 68.3 Å². The fourth-order valence-electron chi connectivity index (χ4n) is 2.07. The quantitative estimate of drug-likeness (QED) is 0.461. The second kappa shape index (κ2) is 7.98. The van der Waals surface area contributed by atoms with Crippen LogP contribution in [-0.4, -0.2) is 28.0 Å².